The van der Waals surface area contributed by atoms with Crippen LogP contribution in [-0.2, 0) is 16.1 Å². The maximum atomic E-state index is 13.1. The van der Waals surface area contributed by atoms with Crippen molar-refractivity contribution < 1.29 is 24.3 Å². The third-order valence-electron chi connectivity index (χ3n) is 7.12. The third-order valence-corrected chi connectivity index (χ3v) is 7.12. The number of imide groups is 1. The van der Waals surface area contributed by atoms with Gasteiger partial charge in [0.2, 0.25) is 5.91 Å². The molecule has 1 heterocycles. The molecule has 0 spiro atoms. The molecule has 0 aliphatic carbocycles. The molecule has 9 heteroatoms. The van der Waals surface area contributed by atoms with Gasteiger partial charge < -0.3 is 15.3 Å². The summed E-state index contributed by atoms with van der Waals surface area (Å²) in [7, 11) is 3.90. The van der Waals surface area contributed by atoms with Crippen molar-refractivity contribution in [1.82, 2.24) is 15.5 Å². The monoisotopic (exact) mass is 544 g/mol. The van der Waals surface area contributed by atoms with Crippen LogP contribution in [0.25, 0.3) is 10.8 Å². The molecule has 0 radical (unpaired) electrons. The second-order valence-corrected chi connectivity index (χ2v) is 10.8. The van der Waals surface area contributed by atoms with E-state index in [0.717, 1.165) is 26.9 Å². The predicted molar refractivity (Wildman–Crippen MR) is 154 cm³/mol. The van der Waals surface area contributed by atoms with Crippen LogP contribution in [0.1, 0.15) is 53.0 Å². The van der Waals surface area contributed by atoms with Crippen LogP contribution in [0.15, 0.2) is 60.7 Å². The lowest BCUT2D eigenvalue weighted by Crippen LogP contribution is -2.52. The molecular weight excluding hydrogens is 508 g/mol. The topological polar surface area (TPSA) is 119 Å². The molecule has 1 aliphatic rings. The Morgan fingerprint density at radius 3 is 1.98 bits per heavy atom. The van der Waals surface area contributed by atoms with Gasteiger partial charge in [-0.3, -0.25) is 29.4 Å². The third kappa shape index (κ3) is 6.48. The van der Waals surface area contributed by atoms with Gasteiger partial charge in [0, 0.05) is 32.9 Å². The summed E-state index contributed by atoms with van der Waals surface area (Å²) in [4.78, 5) is 54.5. The molecule has 40 heavy (non-hydrogen) atoms. The van der Waals surface area contributed by atoms with E-state index in [1.54, 1.807) is 12.1 Å². The Hall–Kier alpha value is -4.24. The normalized spacial score (nSPS) is 14.4. The van der Waals surface area contributed by atoms with Gasteiger partial charge in [-0.2, -0.15) is 0 Å². The van der Waals surface area contributed by atoms with Crippen molar-refractivity contribution in [2.75, 3.05) is 25.5 Å². The first-order valence-electron chi connectivity index (χ1n) is 13.5. The molecule has 3 aromatic rings. The molecule has 0 fully saturated rings. The summed E-state index contributed by atoms with van der Waals surface area (Å²) < 4.78 is 0. The second-order valence-electron chi connectivity index (χ2n) is 10.8. The fourth-order valence-electron chi connectivity index (χ4n) is 4.91. The van der Waals surface area contributed by atoms with E-state index in [9.17, 15) is 24.3 Å². The molecule has 0 bridgehead atoms. The first-order valence-corrected chi connectivity index (χ1v) is 13.5. The smallest absolute Gasteiger partial charge is 0.320 e. The Kier molecular flexibility index (Phi) is 8.84. The lowest BCUT2D eigenvalue weighted by atomic mass is 10.0. The highest BCUT2D eigenvalue weighted by molar-refractivity contribution is 6.23. The number of carboxylic acids is 1. The molecule has 4 rings (SSSR count). The quantitative estimate of drug-likeness (QED) is 0.298. The standard InChI is InChI=1S/C31H36N4O5/c1-19(2)15-27(28(36)32-18-20-9-11-23(12-10-20)34(3)4)33-26(31(39)40)13-14-35-29(37)24-16-21-7-5-6-8-22(21)17-25(24)30(35)38/h5-12,16-17,19,26-27,33H,13-15,18H2,1-4H3,(H,32,36)(H,39,40)/t26?,27-/m1/s1. The number of benzene rings is 3. The minimum absolute atomic E-state index is 0.0335. The Morgan fingerprint density at radius 2 is 1.48 bits per heavy atom. The van der Waals surface area contributed by atoms with E-state index in [1.165, 1.54) is 0 Å². The van der Waals surface area contributed by atoms with Gasteiger partial charge in [-0.1, -0.05) is 50.2 Å². The van der Waals surface area contributed by atoms with E-state index in [2.05, 4.69) is 10.6 Å². The van der Waals surface area contributed by atoms with Crippen LogP contribution in [0.2, 0.25) is 0 Å². The zero-order valence-electron chi connectivity index (χ0n) is 23.3. The van der Waals surface area contributed by atoms with Crippen molar-refractivity contribution in [1.29, 1.82) is 0 Å². The fourth-order valence-corrected chi connectivity index (χ4v) is 4.91. The van der Waals surface area contributed by atoms with Crippen LogP contribution < -0.4 is 15.5 Å². The van der Waals surface area contributed by atoms with E-state index in [0.29, 0.717) is 24.1 Å². The fraction of sp³-hybridized carbons (Fsp3) is 0.355. The molecule has 0 saturated heterocycles. The summed E-state index contributed by atoms with van der Waals surface area (Å²) >= 11 is 0. The number of nitrogens with zero attached hydrogens (tertiary/aromatic N) is 2. The van der Waals surface area contributed by atoms with Crippen LogP contribution in [0.4, 0.5) is 5.69 Å². The zero-order chi connectivity index (χ0) is 29.0. The number of anilines is 1. The number of amides is 3. The SMILES string of the molecule is CC(C)C[C@@H](NC(CCN1C(=O)c2cc3ccccc3cc2C1=O)C(=O)O)C(=O)NCc1ccc(N(C)C)cc1. The summed E-state index contributed by atoms with van der Waals surface area (Å²) in [5.41, 5.74) is 2.61. The number of hydrogen-bond donors (Lipinski definition) is 3. The number of nitrogens with one attached hydrogen (secondary N) is 2. The van der Waals surface area contributed by atoms with Crippen LogP contribution in [0.5, 0.6) is 0 Å². The molecule has 3 amide bonds. The number of carboxylic acid groups (broad SMARTS) is 1. The van der Waals surface area contributed by atoms with Crippen molar-refractivity contribution in [2.24, 2.45) is 5.92 Å². The van der Waals surface area contributed by atoms with Crippen LogP contribution in [0, 0.1) is 5.92 Å². The number of aliphatic carboxylic acids is 1. The van der Waals surface area contributed by atoms with Gasteiger partial charge in [-0.15, -0.1) is 0 Å². The molecule has 1 aliphatic heterocycles. The number of carbonyl (C=O) groups excluding carboxylic acids is 3. The Labute approximate surface area is 234 Å². The molecule has 0 aromatic heterocycles. The molecular formula is C31H36N4O5. The molecule has 2 atom stereocenters. The summed E-state index contributed by atoms with van der Waals surface area (Å²) in [6.45, 7) is 4.14. The molecule has 9 nitrogen and oxygen atoms in total. The van der Waals surface area contributed by atoms with Gasteiger partial charge in [0.25, 0.3) is 11.8 Å². The molecule has 3 N–H and O–H groups in total. The molecule has 3 aromatic carbocycles. The predicted octanol–water partition coefficient (Wildman–Crippen LogP) is 3.67. The lowest BCUT2D eigenvalue weighted by molar-refractivity contribution is -0.140. The average Bonchev–Trinajstić information content (AvgIpc) is 3.15. The van der Waals surface area contributed by atoms with Crippen molar-refractivity contribution in [2.45, 2.75) is 45.3 Å². The van der Waals surface area contributed by atoms with Gasteiger partial charge in [-0.25, -0.2) is 0 Å². The van der Waals surface area contributed by atoms with E-state index < -0.39 is 29.9 Å². The van der Waals surface area contributed by atoms with Crippen molar-refractivity contribution in [3.05, 3.63) is 77.4 Å². The number of rotatable bonds is 12. The maximum Gasteiger partial charge on any atom is 0.320 e. The molecule has 210 valence electrons. The van der Waals surface area contributed by atoms with E-state index in [4.69, 9.17) is 0 Å². The summed E-state index contributed by atoms with van der Waals surface area (Å²) in [6, 6.07) is 16.8. The van der Waals surface area contributed by atoms with Crippen LogP contribution in [-0.4, -0.2) is 66.4 Å². The largest absolute Gasteiger partial charge is 0.480 e. The van der Waals surface area contributed by atoms with Crippen LogP contribution in [0.3, 0.4) is 0 Å². The van der Waals surface area contributed by atoms with Crippen molar-refractivity contribution >= 4 is 40.2 Å². The van der Waals surface area contributed by atoms with Crippen LogP contribution >= 0.6 is 0 Å². The van der Waals surface area contributed by atoms with Gasteiger partial charge in [-0.05, 0) is 59.4 Å². The second kappa shape index (κ2) is 12.3. The van der Waals surface area contributed by atoms with Gasteiger partial charge >= 0.3 is 5.97 Å². The van der Waals surface area contributed by atoms with E-state index >= 15 is 0 Å². The maximum absolute atomic E-state index is 13.1. The zero-order valence-corrected chi connectivity index (χ0v) is 23.3. The van der Waals surface area contributed by atoms with E-state index in [1.807, 2.05) is 81.4 Å². The summed E-state index contributed by atoms with van der Waals surface area (Å²) in [5, 5.41) is 17.5. The number of hydrogen-bond acceptors (Lipinski definition) is 6. The van der Waals surface area contributed by atoms with Crippen molar-refractivity contribution in [3.8, 4) is 0 Å². The first kappa shape index (κ1) is 28.8. The van der Waals surface area contributed by atoms with Gasteiger partial charge in [0.15, 0.2) is 0 Å². The Bertz CT molecular complexity index is 1360. The van der Waals surface area contributed by atoms with Crippen molar-refractivity contribution in [3.63, 3.8) is 0 Å². The Balaban J connectivity index is 1.41. The number of fused-ring (bicyclic) bond motifs is 2. The first-order chi connectivity index (χ1) is 19.0. The Morgan fingerprint density at radius 1 is 0.900 bits per heavy atom. The summed E-state index contributed by atoms with van der Waals surface area (Å²) in [6.07, 6.45) is 0.392. The lowest BCUT2D eigenvalue weighted by Gasteiger charge is -2.25. The molecule has 1 unspecified atom stereocenters. The van der Waals surface area contributed by atoms with E-state index in [-0.39, 0.29) is 24.8 Å². The highest BCUT2D eigenvalue weighted by Crippen LogP contribution is 2.28. The average molecular weight is 545 g/mol. The minimum atomic E-state index is -1.15. The molecule has 0 saturated carbocycles. The minimum Gasteiger partial charge on any atom is -0.480 e. The highest BCUT2D eigenvalue weighted by Gasteiger charge is 2.37. The summed E-state index contributed by atoms with van der Waals surface area (Å²) in [5.74, 6) is -2.20. The number of carbonyl (C=O) groups is 4. The van der Waals surface area contributed by atoms with Gasteiger partial charge in [0.05, 0.1) is 17.2 Å². The highest BCUT2D eigenvalue weighted by atomic mass is 16.4. The van der Waals surface area contributed by atoms with Gasteiger partial charge in [0.1, 0.15) is 6.04 Å².